The van der Waals surface area contributed by atoms with Crippen molar-refractivity contribution in [1.29, 1.82) is 0 Å². The normalized spacial score (nSPS) is 14.3. The van der Waals surface area contributed by atoms with Gasteiger partial charge in [-0.15, -0.1) is 0 Å². The Labute approximate surface area is 170 Å². The number of hydrogen-bond acceptors (Lipinski definition) is 4. The van der Waals surface area contributed by atoms with Crippen LogP contribution in [0.2, 0.25) is 0 Å². The molecule has 2 N–H and O–H groups in total. The Kier molecular flexibility index (Phi) is 7.33. The summed E-state index contributed by atoms with van der Waals surface area (Å²) in [6, 6.07) is 13.2. The average molecular weight is 394 g/mol. The maximum absolute atomic E-state index is 12.4. The fraction of sp³-hybridized carbons (Fsp3) is 0.364. The van der Waals surface area contributed by atoms with Crippen LogP contribution in [0.5, 0.6) is 0 Å². The van der Waals surface area contributed by atoms with Crippen molar-refractivity contribution in [2.45, 2.75) is 19.3 Å². The second kappa shape index (κ2) is 10.4. The number of piperidine rings is 1. The molecule has 0 saturated carbocycles. The molecule has 2 heterocycles. The number of pyridine rings is 1. The number of carbonyl (C=O) groups excluding carboxylic acids is 3. The van der Waals surface area contributed by atoms with Crippen LogP contribution in [0.15, 0.2) is 54.9 Å². The molecule has 1 saturated heterocycles. The van der Waals surface area contributed by atoms with Gasteiger partial charge in [-0.05, 0) is 42.9 Å². The maximum Gasteiger partial charge on any atom is 0.309 e. The van der Waals surface area contributed by atoms with E-state index in [9.17, 15) is 14.4 Å². The summed E-state index contributed by atoms with van der Waals surface area (Å²) in [6.45, 7) is 2.16. The summed E-state index contributed by atoms with van der Waals surface area (Å²) < 4.78 is 0. The smallest absolute Gasteiger partial charge is 0.309 e. The molecule has 0 unspecified atom stereocenters. The number of amides is 3. The Morgan fingerprint density at radius 3 is 2.28 bits per heavy atom. The molecule has 0 aliphatic carbocycles. The van der Waals surface area contributed by atoms with Gasteiger partial charge in [0.05, 0.1) is 0 Å². The van der Waals surface area contributed by atoms with E-state index >= 15 is 0 Å². The van der Waals surface area contributed by atoms with E-state index in [1.54, 1.807) is 24.5 Å². The number of benzene rings is 1. The number of aromatic nitrogens is 1. The van der Waals surface area contributed by atoms with Gasteiger partial charge >= 0.3 is 11.8 Å². The molecule has 3 amide bonds. The quantitative estimate of drug-likeness (QED) is 0.725. The topological polar surface area (TPSA) is 91.4 Å². The average Bonchev–Trinajstić information content (AvgIpc) is 2.78. The minimum atomic E-state index is -0.605. The molecule has 3 rings (SSSR count). The molecule has 0 radical (unpaired) electrons. The summed E-state index contributed by atoms with van der Waals surface area (Å²) in [5.74, 6) is -0.940. The van der Waals surface area contributed by atoms with Crippen molar-refractivity contribution in [3.8, 4) is 0 Å². The third-order valence-corrected chi connectivity index (χ3v) is 5.13. The van der Waals surface area contributed by atoms with Crippen LogP contribution in [0.4, 0.5) is 0 Å². The molecule has 1 aromatic heterocycles. The molecule has 152 valence electrons. The monoisotopic (exact) mass is 394 g/mol. The molecular weight excluding hydrogens is 368 g/mol. The Balaban J connectivity index is 1.33. The molecular formula is C22H26N4O3. The van der Waals surface area contributed by atoms with Gasteiger partial charge in [-0.3, -0.25) is 19.4 Å². The first-order chi connectivity index (χ1) is 14.1. The van der Waals surface area contributed by atoms with Crippen LogP contribution in [0.1, 0.15) is 28.8 Å². The van der Waals surface area contributed by atoms with Crippen molar-refractivity contribution in [2.24, 2.45) is 5.92 Å². The van der Waals surface area contributed by atoms with E-state index in [0.29, 0.717) is 38.2 Å². The highest BCUT2D eigenvalue weighted by Crippen LogP contribution is 2.18. The number of carbonyl (C=O) groups is 3. The van der Waals surface area contributed by atoms with Gasteiger partial charge < -0.3 is 15.5 Å². The predicted octanol–water partition coefficient (Wildman–Crippen LogP) is 1.41. The molecule has 7 heteroatoms. The van der Waals surface area contributed by atoms with Crippen molar-refractivity contribution in [3.05, 3.63) is 66.0 Å². The Hall–Kier alpha value is -3.22. The minimum absolute atomic E-state index is 0.00711. The van der Waals surface area contributed by atoms with Crippen LogP contribution in [0.3, 0.4) is 0 Å². The number of nitrogens with zero attached hydrogens (tertiary/aromatic N) is 2. The number of likely N-dealkylation sites (tertiary alicyclic amines) is 1. The summed E-state index contributed by atoms with van der Waals surface area (Å²) in [7, 11) is 0. The van der Waals surface area contributed by atoms with Crippen molar-refractivity contribution in [1.82, 2.24) is 20.5 Å². The molecule has 29 heavy (non-hydrogen) atoms. The molecule has 0 atom stereocenters. The van der Waals surface area contributed by atoms with Crippen LogP contribution in [-0.2, 0) is 16.0 Å². The number of nitrogens with one attached hydrogen (secondary N) is 2. The van der Waals surface area contributed by atoms with Crippen LogP contribution < -0.4 is 10.6 Å². The Morgan fingerprint density at radius 2 is 1.59 bits per heavy atom. The largest absolute Gasteiger partial charge is 0.348 e. The lowest BCUT2D eigenvalue weighted by Gasteiger charge is -2.32. The zero-order chi connectivity index (χ0) is 20.5. The first-order valence-corrected chi connectivity index (χ1v) is 9.92. The molecule has 0 bridgehead atoms. The number of rotatable bonds is 6. The Bertz CT molecular complexity index is 818. The summed E-state index contributed by atoms with van der Waals surface area (Å²) in [5.41, 5.74) is 1.75. The molecule has 1 aromatic carbocycles. The minimum Gasteiger partial charge on any atom is -0.348 e. The fourth-order valence-corrected chi connectivity index (χ4v) is 3.38. The number of hydrogen-bond donors (Lipinski definition) is 2. The van der Waals surface area contributed by atoms with Crippen LogP contribution in [0, 0.1) is 5.92 Å². The van der Waals surface area contributed by atoms with E-state index < -0.39 is 11.8 Å². The van der Waals surface area contributed by atoms with Crippen molar-refractivity contribution in [3.63, 3.8) is 0 Å². The standard InChI is InChI=1S/C22H26N4O3/c27-20(24-13-6-17-4-2-1-3-5-17)21(28)25-16-18-9-14-26(15-10-18)22(29)19-7-11-23-12-8-19/h1-5,7-8,11-12,18H,6,9-10,13-16H2,(H,24,27)(H,25,28). The van der Waals surface area contributed by atoms with Crippen molar-refractivity contribution < 1.29 is 14.4 Å². The maximum atomic E-state index is 12.4. The Morgan fingerprint density at radius 1 is 0.931 bits per heavy atom. The second-order valence-corrected chi connectivity index (χ2v) is 7.17. The molecule has 1 aliphatic rings. The van der Waals surface area contributed by atoms with E-state index in [2.05, 4.69) is 15.6 Å². The first-order valence-electron chi connectivity index (χ1n) is 9.92. The lowest BCUT2D eigenvalue weighted by molar-refractivity contribution is -0.139. The highest BCUT2D eigenvalue weighted by molar-refractivity contribution is 6.35. The van der Waals surface area contributed by atoms with E-state index in [4.69, 9.17) is 0 Å². The van der Waals surface area contributed by atoms with Gasteiger partial charge in [-0.1, -0.05) is 30.3 Å². The van der Waals surface area contributed by atoms with Crippen LogP contribution in [0.25, 0.3) is 0 Å². The second-order valence-electron chi connectivity index (χ2n) is 7.17. The van der Waals surface area contributed by atoms with Gasteiger partial charge in [-0.25, -0.2) is 0 Å². The summed E-state index contributed by atoms with van der Waals surface area (Å²) in [5, 5.41) is 5.36. The third-order valence-electron chi connectivity index (χ3n) is 5.13. The first kappa shape index (κ1) is 20.5. The van der Waals surface area contributed by atoms with Gasteiger partial charge in [0, 0.05) is 44.1 Å². The van der Waals surface area contributed by atoms with Crippen LogP contribution >= 0.6 is 0 Å². The summed E-state index contributed by atoms with van der Waals surface area (Å²) in [4.78, 5) is 42.1. The summed E-state index contributed by atoms with van der Waals surface area (Å²) in [6.07, 6.45) is 5.50. The lowest BCUT2D eigenvalue weighted by Crippen LogP contribution is -2.45. The highest BCUT2D eigenvalue weighted by atomic mass is 16.2. The van der Waals surface area contributed by atoms with Crippen molar-refractivity contribution >= 4 is 17.7 Å². The molecule has 7 nitrogen and oxygen atoms in total. The van der Waals surface area contributed by atoms with E-state index in [0.717, 1.165) is 18.4 Å². The zero-order valence-electron chi connectivity index (χ0n) is 16.3. The predicted molar refractivity (Wildman–Crippen MR) is 109 cm³/mol. The lowest BCUT2D eigenvalue weighted by atomic mass is 9.96. The summed E-state index contributed by atoms with van der Waals surface area (Å²) >= 11 is 0. The van der Waals surface area contributed by atoms with Gasteiger partial charge in [0.25, 0.3) is 5.91 Å². The van der Waals surface area contributed by atoms with E-state index in [1.807, 2.05) is 35.2 Å². The molecule has 1 fully saturated rings. The third kappa shape index (κ3) is 6.14. The van der Waals surface area contributed by atoms with Gasteiger partial charge in [0.15, 0.2) is 0 Å². The van der Waals surface area contributed by atoms with Crippen molar-refractivity contribution in [2.75, 3.05) is 26.2 Å². The van der Waals surface area contributed by atoms with Gasteiger partial charge in [-0.2, -0.15) is 0 Å². The van der Waals surface area contributed by atoms with E-state index in [1.165, 1.54) is 0 Å². The zero-order valence-corrected chi connectivity index (χ0v) is 16.3. The highest BCUT2D eigenvalue weighted by Gasteiger charge is 2.24. The SMILES string of the molecule is O=C(NCCc1ccccc1)C(=O)NCC1CCN(C(=O)c2ccncc2)CC1. The molecule has 2 aromatic rings. The van der Waals surface area contributed by atoms with Gasteiger partial charge in [0.1, 0.15) is 0 Å². The van der Waals surface area contributed by atoms with Crippen LogP contribution in [-0.4, -0.2) is 53.8 Å². The fourth-order valence-electron chi connectivity index (χ4n) is 3.38. The molecule has 0 spiro atoms. The molecule has 1 aliphatic heterocycles. The van der Waals surface area contributed by atoms with E-state index in [-0.39, 0.29) is 11.8 Å². The van der Waals surface area contributed by atoms with Gasteiger partial charge in [0.2, 0.25) is 0 Å².